The number of carbonyl (C=O) groups is 1. The number of hydrogen-bond donors (Lipinski definition) is 5. The molecule has 0 aliphatic heterocycles. The smallest absolute Gasteiger partial charge is 0.280 e. The van der Waals surface area contributed by atoms with E-state index in [-0.39, 0.29) is 41.5 Å². The van der Waals surface area contributed by atoms with Gasteiger partial charge < -0.3 is 19.9 Å². The fraction of sp³-hybridized carbons (Fsp3) is 0.647. The van der Waals surface area contributed by atoms with E-state index in [1.165, 1.54) is 6.33 Å². The predicted octanol–water partition coefficient (Wildman–Crippen LogP) is -0.375. The molecule has 10 nitrogen and oxygen atoms in total. The summed E-state index contributed by atoms with van der Waals surface area (Å²) in [6, 6.07) is -0.602. The van der Waals surface area contributed by atoms with Crippen LogP contribution in [0.1, 0.15) is 33.2 Å². The number of aliphatic hydroxyl groups is 3. The predicted molar refractivity (Wildman–Crippen MR) is 97.0 cm³/mol. The summed E-state index contributed by atoms with van der Waals surface area (Å²) >= 11 is 0. The van der Waals surface area contributed by atoms with E-state index in [0.717, 1.165) is 0 Å². The van der Waals surface area contributed by atoms with Gasteiger partial charge in [0.05, 0.1) is 18.5 Å². The maximum Gasteiger partial charge on any atom is 0.280 e. The van der Waals surface area contributed by atoms with Gasteiger partial charge in [-0.15, -0.1) is 0 Å². The molecule has 2 aromatic rings. The van der Waals surface area contributed by atoms with E-state index < -0.39 is 29.7 Å². The first kappa shape index (κ1) is 19.5. The highest BCUT2D eigenvalue weighted by atomic mass is 16.3. The lowest BCUT2D eigenvalue weighted by Crippen LogP contribution is -2.30. The summed E-state index contributed by atoms with van der Waals surface area (Å²) in [5, 5.41) is 33.0. The zero-order valence-electron chi connectivity index (χ0n) is 15.5. The van der Waals surface area contributed by atoms with Crippen molar-refractivity contribution in [2.45, 2.75) is 45.4 Å². The van der Waals surface area contributed by atoms with E-state index in [1.54, 1.807) is 18.4 Å². The monoisotopic (exact) mass is 379 g/mol. The molecule has 0 unspecified atom stereocenters. The van der Waals surface area contributed by atoms with Crippen molar-refractivity contribution in [3.63, 3.8) is 0 Å². The zero-order chi connectivity index (χ0) is 19.9. The standard InChI is InChI=1S/C17H25N5O5/c1-4-8-9(5-23)12(24)13(25)11(8)22-6-18-10-14(22)19-17(21-16(10)27)20-15(26)7(2)3/h6-9,11-13,23-25H,4-5H2,1-3H3,(H2,19,20,21,26,27)/t8-,9-,11+,12+,13-/m0/s1. The number of aliphatic hydroxyl groups excluding tert-OH is 3. The van der Waals surface area contributed by atoms with Gasteiger partial charge >= 0.3 is 0 Å². The van der Waals surface area contributed by atoms with E-state index in [2.05, 4.69) is 20.3 Å². The molecule has 0 bridgehead atoms. The average Bonchev–Trinajstić information content (AvgIpc) is 3.14. The second-order valence-electron chi connectivity index (χ2n) is 7.27. The molecule has 10 heteroatoms. The summed E-state index contributed by atoms with van der Waals surface area (Å²) in [6.45, 7) is 5.07. The number of nitrogens with zero attached hydrogens (tertiary/aromatic N) is 3. The Labute approximate surface area is 155 Å². The topological polar surface area (TPSA) is 153 Å². The van der Waals surface area contributed by atoms with E-state index in [0.29, 0.717) is 6.42 Å². The normalized spacial score (nSPS) is 28.2. The Hall–Kier alpha value is -2.30. The van der Waals surface area contributed by atoms with Crippen molar-refractivity contribution in [1.29, 1.82) is 0 Å². The van der Waals surface area contributed by atoms with Gasteiger partial charge in [-0.25, -0.2) is 4.98 Å². The minimum absolute atomic E-state index is 0.00672. The largest absolute Gasteiger partial charge is 0.396 e. The van der Waals surface area contributed by atoms with Crippen LogP contribution in [0.5, 0.6) is 0 Å². The molecule has 0 radical (unpaired) electrons. The third kappa shape index (κ3) is 3.24. The lowest BCUT2D eigenvalue weighted by molar-refractivity contribution is -0.118. The highest BCUT2D eigenvalue weighted by Gasteiger charge is 2.49. The van der Waals surface area contributed by atoms with Gasteiger partial charge in [-0.05, 0) is 5.92 Å². The molecule has 3 rings (SSSR count). The van der Waals surface area contributed by atoms with Gasteiger partial charge in [-0.1, -0.05) is 27.2 Å². The average molecular weight is 379 g/mol. The van der Waals surface area contributed by atoms with Crippen molar-refractivity contribution in [1.82, 2.24) is 19.5 Å². The maximum atomic E-state index is 12.3. The molecule has 5 N–H and O–H groups in total. The van der Waals surface area contributed by atoms with Crippen LogP contribution in [-0.2, 0) is 4.79 Å². The third-order valence-electron chi connectivity index (χ3n) is 5.33. The Morgan fingerprint density at radius 1 is 1.33 bits per heavy atom. The highest BCUT2D eigenvalue weighted by Crippen LogP contribution is 2.43. The quantitative estimate of drug-likeness (QED) is 0.475. The Morgan fingerprint density at radius 2 is 2.04 bits per heavy atom. The summed E-state index contributed by atoms with van der Waals surface area (Å²) in [4.78, 5) is 35.1. The number of imidazole rings is 1. The Kier molecular flexibility index (Phi) is 5.31. The first-order valence-corrected chi connectivity index (χ1v) is 9.04. The number of rotatable bonds is 5. The minimum Gasteiger partial charge on any atom is -0.396 e. The summed E-state index contributed by atoms with van der Waals surface area (Å²) in [5.41, 5.74) is -0.245. The van der Waals surface area contributed by atoms with Crippen molar-refractivity contribution < 1.29 is 20.1 Å². The number of fused-ring (bicyclic) bond motifs is 1. The Morgan fingerprint density at radius 3 is 2.63 bits per heavy atom. The van der Waals surface area contributed by atoms with Gasteiger partial charge in [0, 0.05) is 18.4 Å². The van der Waals surface area contributed by atoms with Crippen molar-refractivity contribution in [2.75, 3.05) is 11.9 Å². The highest BCUT2D eigenvalue weighted by molar-refractivity contribution is 5.91. The maximum absolute atomic E-state index is 12.3. The lowest BCUT2D eigenvalue weighted by atomic mass is 9.91. The molecular weight excluding hydrogens is 354 g/mol. The van der Waals surface area contributed by atoms with E-state index >= 15 is 0 Å². The summed E-state index contributed by atoms with van der Waals surface area (Å²) in [5.74, 6) is -1.32. The van der Waals surface area contributed by atoms with Gasteiger partial charge in [0.25, 0.3) is 5.56 Å². The van der Waals surface area contributed by atoms with Gasteiger partial charge in [0.1, 0.15) is 6.10 Å². The second-order valence-corrected chi connectivity index (χ2v) is 7.27. The number of carbonyl (C=O) groups excluding carboxylic acids is 1. The SMILES string of the molecule is CC[C@H]1[C@H](CO)[C@@H](O)[C@@H](O)[C@@H]1n1cnc2c(=O)[nH]c(NC(=O)C(C)C)nc21. The van der Waals surface area contributed by atoms with Crippen LogP contribution in [0.15, 0.2) is 11.1 Å². The summed E-state index contributed by atoms with van der Waals surface area (Å²) < 4.78 is 1.55. The second kappa shape index (κ2) is 7.37. The first-order valence-electron chi connectivity index (χ1n) is 9.04. The van der Waals surface area contributed by atoms with Gasteiger partial charge in [-0.2, -0.15) is 4.98 Å². The molecule has 1 saturated carbocycles. The van der Waals surface area contributed by atoms with E-state index in [9.17, 15) is 24.9 Å². The van der Waals surface area contributed by atoms with E-state index in [4.69, 9.17) is 0 Å². The number of aromatic amines is 1. The minimum atomic E-state index is -1.14. The van der Waals surface area contributed by atoms with Crippen LogP contribution >= 0.6 is 0 Å². The fourth-order valence-electron chi connectivity index (χ4n) is 3.84. The van der Waals surface area contributed by atoms with Crippen LogP contribution < -0.4 is 10.9 Å². The van der Waals surface area contributed by atoms with Crippen molar-refractivity contribution in [3.8, 4) is 0 Å². The fourth-order valence-corrected chi connectivity index (χ4v) is 3.84. The first-order chi connectivity index (χ1) is 12.8. The molecule has 1 aliphatic rings. The Bertz CT molecular complexity index is 891. The van der Waals surface area contributed by atoms with Crippen molar-refractivity contribution in [3.05, 3.63) is 16.7 Å². The zero-order valence-corrected chi connectivity index (χ0v) is 15.5. The number of hydrogen-bond acceptors (Lipinski definition) is 7. The number of nitrogens with one attached hydrogen (secondary N) is 2. The number of H-pyrrole nitrogens is 1. The van der Waals surface area contributed by atoms with Gasteiger partial charge in [0.2, 0.25) is 11.9 Å². The van der Waals surface area contributed by atoms with Crippen LogP contribution in [0.3, 0.4) is 0 Å². The number of anilines is 1. The molecule has 2 aromatic heterocycles. The summed E-state index contributed by atoms with van der Waals surface area (Å²) in [7, 11) is 0. The van der Waals surface area contributed by atoms with Crippen LogP contribution in [0.2, 0.25) is 0 Å². The van der Waals surface area contributed by atoms with Crippen LogP contribution in [-0.4, -0.2) is 59.6 Å². The molecule has 0 saturated heterocycles. The third-order valence-corrected chi connectivity index (χ3v) is 5.33. The van der Waals surface area contributed by atoms with Crippen LogP contribution in [0.4, 0.5) is 5.95 Å². The molecule has 1 fully saturated rings. The number of aromatic nitrogens is 4. The van der Waals surface area contributed by atoms with Gasteiger partial charge in [0.15, 0.2) is 11.2 Å². The Balaban J connectivity index is 2.08. The van der Waals surface area contributed by atoms with Gasteiger partial charge in [-0.3, -0.25) is 19.9 Å². The molecule has 2 heterocycles. The van der Waals surface area contributed by atoms with Crippen molar-refractivity contribution in [2.24, 2.45) is 17.8 Å². The number of amides is 1. The van der Waals surface area contributed by atoms with Crippen LogP contribution in [0, 0.1) is 17.8 Å². The van der Waals surface area contributed by atoms with Crippen LogP contribution in [0.25, 0.3) is 11.2 Å². The van der Waals surface area contributed by atoms with E-state index in [1.807, 2.05) is 6.92 Å². The summed E-state index contributed by atoms with van der Waals surface area (Å²) in [6.07, 6.45) is -0.239. The molecule has 1 amide bonds. The molecular formula is C17H25N5O5. The molecule has 5 atom stereocenters. The lowest BCUT2D eigenvalue weighted by Gasteiger charge is -2.24. The van der Waals surface area contributed by atoms with Crippen molar-refractivity contribution >= 4 is 23.0 Å². The molecule has 148 valence electrons. The molecule has 27 heavy (non-hydrogen) atoms. The molecule has 1 aliphatic carbocycles. The molecule has 0 spiro atoms. The molecule has 0 aromatic carbocycles.